The highest BCUT2D eigenvalue weighted by atomic mass is 19.1. The van der Waals surface area contributed by atoms with Crippen LogP contribution in [0.5, 0.6) is 5.75 Å². The lowest BCUT2D eigenvalue weighted by Gasteiger charge is -2.18. The second-order valence-electron chi connectivity index (χ2n) is 6.67. The largest absolute Gasteiger partial charge is 0.481 e. The van der Waals surface area contributed by atoms with Crippen molar-refractivity contribution in [3.05, 3.63) is 95.8 Å². The van der Waals surface area contributed by atoms with Gasteiger partial charge < -0.3 is 15.4 Å². The van der Waals surface area contributed by atoms with Crippen LogP contribution in [0.25, 0.3) is 0 Å². The molecule has 0 aromatic heterocycles. The van der Waals surface area contributed by atoms with Gasteiger partial charge in [0.2, 0.25) is 0 Å². The van der Waals surface area contributed by atoms with E-state index in [1.807, 2.05) is 37.3 Å². The van der Waals surface area contributed by atoms with E-state index in [4.69, 9.17) is 4.74 Å². The minimum atomic E-state index is -0.782. The Morgan fingerprint density at radius 3 is 2.30 bits per heavy atom. The molecule has 0 unspecified atom stereocenters. The Hall–Kier alpha value is -3.67. The molecule has 3 aromatic carbocycles. The zero-order chi connectivity index (χ0) is 21.3. The summed E-state index contributed by atoms with van der Waals surface area (Å²) in [5, 5.41) is 5.63. The molecule has 3 rings (SSSR count). The van der Waals surface area contributed by atoms with Crippen LogP contribution in [0.4, 0.5) is 10.1 Å². The molecule has 0 aliphatic rings. The summed E-state index contributed by atoms with van der Waals surface area (Å²) in [5.74, 6) is -0.657. The number of para-hydroxylation sites is 1. The Balaban J connectivity index is 1.67. The average Bonchev–Trinajstić information content (AvgIpc) is 2.78. The standard InChI is InChI=1S/C24H23FN2O3/c1-2-22(30-19-14-12-18(25)13-15-19)24(29)27-21-11-7-6-10-20(21)23(28)26-16-17-8-4-3-5-9-17/h3-15,22H,2,16H2,1H3,(H,26,28)(H,27,29)/t22-/m1/s1. The summed E-state index contributed by atoms with van der Waals surface area (Å²) < 4.78 is 18.7. The van der Waals surface area contributed by atoms with Gasteiger partial charge in [-0.1, -0.05) is 49.4 Å². The lowest BCUT2D eigenvalue weighted by atomic mass is 10.1. The molecule has 0 saturated carbocycles. The van der Waals surface area contributed by atoms with Crippen molar-refractivity contribution < 1.29 is 18.7 Å². The molecule has 30 heavy (non-hydrogen) atoms. The number of ether oxygens (including phenoxy) is 1. The quantitative estimate of drug-likeness (QED) is 0.577. The number of hydrogen-bond donors (Lipinski definition) is 2. The molecule has 0 aliphatic carbocycles. The second kappa shape index (κ2) is 10.2. The topological polar surface area (TPSA) is 67.4 Å². The lowest BCUT2D eigenvalue weighted by molar-refractivity contribution is -0.122. The fourth-order valence-electron chi connectivity index (χ4n) is 2.88. The Labute approximate surface area is 174 Å². The van der Waals surface area contributed by atoms with Crippen LogP contribution in [0.15, 0.2) is 78.9 Å². The highest BCUT2D eigenvalue weighted by Crippen LogP contribution is 2.18. The van der Waals surface area contributed by atoms with Crippen LogP contribution in [-0.2, 0) is 11.3 Å². The first-order chi connectivity index (χ1) is 14.6. The molecule has 1 atom stereocenters. The van der Waals surface area contributed by atoms with Gasteiger partial charge in [-0.2, -0.15) is 0 Å². The summed E-state index contributed by atoms with van der Waals surface area (Å²) in [6, 6.07) is 21.8. The Kier molecular flexibility index (Phi) is 7.16. The van der Waals surface area contributed by atoms with E-state index >= 15 is 0 Å². The van der Waals surface area contributed by atoms with Crippen LogP contribution in [0.2, 0.25) is 0 Å². The number of rotatable bonds is 8. The van der Waals surface area contributed by atoms with Crippen molar-refractivity contribution in [3.8, 4) is 5.75 Å². The highest BCUT2D eigenvalue weighted by Gasteiger charge is 2.21. The van der Waals surface area contributed by atoms with Crippen molar-refractivity contribution in [2.45, 2.75) is 26.0 Å². The molecule has 2 amide bonds. The Morgan fingerprint density at radius 1 is 0.933 bits per heavy atom. The number of carbonyl (C=O) groups excluding carboxylic acids is 2. The van der Waals surface area contributed by atoms with E-state index in [9.17, 15) is 14.0 Å². The van der Waals surface area contributed by atoms with Gasteiger partial charge in [-0.25, -0.2) is 4.39 Å². The molecular weight excluding hydrogens is 383 g/mol. The van der Waals surface area contributed by atoms with E-state index in [2.05, 4.69) is 10.6 Å². The number of benzene rings is 3. The molecule has 0 fully saturated rings. The fraction of sp³-hybridized carbons (Fsp3) is 0.167. The maximum atomic E-state index is 13.1. The molecular formula is C24H23FN2O3. The van der Waals surface area contributed by atoms with E-state index in [0.717, 1.165) is 5.56 Å². The van der Waals surface area contributed by atoms with Crippen molar-refractivity contribution in [1.29, 1.82) is 0 Å². The minimum absolute atomic E-state index is 0.290. The maximum absolute atomic E-state index is 13.1. The van der Waals surface area contributed by atoms with E-state index in [1.54, 1.807) is 24.3 Å². The van der Waals surface area contributed by atoms with Gasteiger partial charge in [-0.05, 0) is 48.4 Å². The van der Waals surface area contributed by atoms with Crippen LogP contribution in [0.3, 0.4) is 0 Å². The predicted molar refractivity (Wildman–Crippen MR) is 114 cm³/mol. The van der Waals surface area contributed by atoms with Gasteiger partial charge in [0.25, 0.3) is 11.8 Å². The zero-order valence-electron chi connectivity index (χ0n) is 16.6. The Morgan fingerprint density at radius 2 is 1.60 bits per heavy atom. The zero-order valence-corrected chi connectivity index (χ0v) is 16.6. The van der Waals surface area contributed by atoms with Crippen LogP contribution < -0.4 is 15.4 Å². The summed E-state index contributed by atoms with van der Waals surface area (Å²) in [4.78, 5) is 25.4. The monoisotopic (exact) mass is 406 g/mol. The third-order valence-electron chi connectivity index (χ3n) is 4.48. The molecule has 0 bridgehead atoms. The number of amides is 2. The number of hydrogen-bond acceptors (Lipinski definition) is 3. The molecule has 2 N–H and O–H groups in total. The molecule has 5 nitrogen and oxygen atoms in total. The molecule has 154 valence electrons. The molecule has 3 aromatic rings. The summed E-state index contributed by atoms with van der Waals surface area (Å²) in [6.07, 6.45) is -0.373. The van der Waals surface area contributed by atoms with Crippen LogP contribution in [0, 0.1) is 5.82 Å². The van der Waals surface area contributed by atoms with Crippen molar-refractivity contribution in [1.82, 2.24) is 5.32 Å². The fourth-order valence-corrected chi connectivity index (χ4v) is 2.88. The first kappa shape index (κ1) is 21.0. The third kappa shape index (κ3) is 5.67. The second-order valence-corrected chi connectivity index (χ2v) is 6.67. The minimum Gasteiger partial charge on any atom is -0.481 e. The summed E-state index contributed by atoms with van der Waals surface area (Å²) in [5.41, 5.74) is 1.73. The molecule has 0 spiro atoms. The van der Waals surface area contributed by atoms with Crippen molar-refractivity contribution in [2.24, 2.45) is 0 Å². The van der Waals surface area contributed by atoms with Crippen molar-refractivity contribution >= 4 is 17.5 Å². The molecule has 0 radical (unpaired) electrons. The van der Waals surface area contributed by atoms with Crippen LogP contribution in [0.1, 0.15) is 29.3 Å². The summed E-state index contributed by atoms with van der Waals surface area (Å²) in [6.45, 7) is 2.19. The smallest absolute Gasteiger partial charge is 0.265 e. The molecule has 0 heterocycles. The van der Waals surface area contributed by atoms with Gasteiger partial charge >= 0.3 is 0 Å². The highest BCUT2D eigenvalue weighted by molar-refractivity contribution is 6.04. The van der Waals surface area contributed by atoms with E-state index < -0.39 is 6.10 Å². The van der Waals surface area contributed by atoms with Crippen LogP contribution in [-0.4, -0.2) is 17.9 Å². The summed E-state index contributed by atoms with van der Waals surface area (Å²) >= 11 is 0. The lowest BCUT2D eigenvalue weighted by Crippen LogP contribution is -2.33. The van der Waals surface area contributed by atoms with Crippen LogP contribution >= 0.6 is 0 Å². The number of carbonyl (C=O) groups is 2. The predicted octanol–water partition coefficient (Wildman–Crippen LogP) is 4.55. The van der Waals surface area contributed by atoms with Gasteiger partial charge in [0.05, 0.1) is 11.3 Å². The molecule has 6 heteroatoms. The van der Waals surface area contributed by atoms with Gasteiger partial charge in [-0.15, -0.1) is 0 Å². The normalized spacial score (nSPS) is 11.4. The van der Waals surface area contributed by atoms with E-state index in [0.29, 0.717) is 30.0 Å². The van der Waals surface area contributed by atoms with Gasteiger partial charge in [0.15, 0.2) is 6.10 Å². The average molecular weight is 406 g/mol. The van der Waals surface area contributed by atoms with Gasteiger partial charge in [0.1, 0.15) is 11.6 Å². The number of nitrogens with one attached hydrogen (secondary N) is 2. The van der Waals surface area contributed by atoms with Crippen molar-refractivity contribution in [3.63, 3.8) is 0 Å². The molecule has 0 aliphatic heterocycles. The van der Waals surface area contributed by atoms with Gasteiger partial charge in [0, 0.05) is 6.54 Å². The van der Waals surface area contributed by atoms with Crippen molar-refractivity contribution in [2.75, 3.05) is 5.32 Å². The first-order valence-electron chi connectivity index (χ1n) is 9.71. The number of halogens is 1. The Bertz CT molecular complexity index is 991. The van der Waals surface area contributed by atoms with E-state index in [-0.39, 0.29) is 17.6 Å². The summed E-state index contributed by atoms with van der Waals surface area (Å²) in [7, 11) is 0. The maximum Gasteiger partial charge on any atom is 0.265 e. The van der Waals surface area contributed by atoms with Gasteiger partial charge in [-0.3, -0.25) is 9.59 Å². The van der Waals surface area contributed by atoms with E-state index in [1.165, 1.54) is 24.3 Å². The molecule has 0 saturated heterocycles. The SMILES string of the molecule is CC[C@@H](Oc1ccc(F)cc1)C(=O)Nc1ccccc1C(=O)NCc1ccccc1. The number of anilines is 1. The third-order valence-corrected chi connectivity index (χ3v) is 4.48. The first-order valence-corrected chi connectivity index (χ1v) is 9.71.